The number of aromatic nitrogens is 1. The van der Waals surface area contributed by atoms with Crippen molar-refractivity contribution in [2.75, 3.05) is 24.8 Å². The van der Waals surface area contributed by atoms with Gasteiger partial charge in [0.15, 0.2) is 0 Å². The van der Waals surface area contributed by atoms with E-state index in [-0.39, 0.29) is 24.0 Å². The Labute approximate surface area is 173 Å². The molecule has 1 aliphatic heterocycles. The van der Waals surface area contributed by atoms with E-state index in [4.69, 9.17) is 10.00 Å². The lowest BCUT2D eigenvalue weighted by atomic mass is 10.0. The molecule has 29 heavy (non-hydrogen) atoms. The Bertz CT molecular complexity index is 999. The number of hydrogen-bond donors (Lipinski definition) is 1. The SMILES string of the molecule is CCOC1(c2ccc3nccc(C(=O)NCC(=O)N4CSCC4C#N)c3c2)CC1. The Hall–Kier alpha value is -2.63. The van der Waals surface area contributed by atoms with Gasteiger partial charge in [0.2, 0.25) is 5.91 Å². The van der Waals surface area contributed by atoms with Gasteiger partial charge in [-0.3, -0.25) is 14.6 Å². The number of amides is 2. The third kappa shape index (κ3) is 3.80. The van der Waals surface area contributed by atoms with E-state index in [0.717, 1.165) is 29.3 Å². The smallest absolute Gasteiger partial charge is 0.252 e. The van der Waals surface area contributed by atoms with Crippen LogP contribution in [0, 0.1) is 11.3 Å². The Kier molecular flexibility index (Phi) is 5.43. The first kappa shape index (κ1) is 19.7. The zero-order chi connectivity index (χ0) is 20.4. The molecular weight excluding hydrogens is 388 g/mol. The Morgan fingerprint density at radius 1 is 1.41 bits per heavy atom. The Balaban J connectivity index is 1.53. The number of fused-ring (bicyclic) bond motifs is 1. The van der Waals surface area contributed by atoms with Gasteiger partial charge in [-0.1, -0.05) is 6.07 Å². The standard InChI is InChI=1S/C21H22N4O3S/c1-2-28-21(6-7-21)14-3-4-18-17(9-14)16(5-8-23-18)20(27)24-11-19(26)25-13-29-12-15(25)10-22/h3-5,8-9,15H,2,6-7,11-13H2,1H3,(H,24,27). The number of hydrogen-bond acceptors (Lipinski definition) is 6. The Morgan fingerprint density at radius 2 is 2.24 bits per heavy atom. The molecule has 2 fully saturated rings. The van der Waals surface area contributed by atoms with E-state index in [1.54, 1.807) is 12.3 Å². The van der Waals surface area contributed by atoms with Crippen LogP contribution in [-0.2, 0) is 15.1 Å². The van der Waals surface area contributed by atoms with Gasteiger partial charge in [-0.2, -0.15) is 5.26 Å². The number of pyridine rings is 1. The molecule has 1 aromatic heterocycles. The van der Waals surface area contributed by atoms with Crippen molar-refractivity contribution in [2.24, 2.45) is 0 Å². The van der Waals surface area contributed by atoms with Crippen LogP contribution in [0.5, 0.6) is 0 Å². The van der Waals surface area contributed by atoms with Gasteiger partial charge in [0.25, 0.3) is 5.91 Å². The molecule has 7 nitrogen and oxygen atoms in total. The zero-order valence-electron chi connectivity index (χ0n) is 16.2. The molecular formula is C21H22N4O3S. The number of ether oxygens (including phenoxy) is 1. The van der Waals surface area contributed by atoms with Gasteiger partial charge < -0.3 is 15.0 Å². The second-order valence-corrected chi connectivity index (χ2v) is 8.21. The summed E-state index contributed by atoms with van der Waals surface area (Å²) in [4.78, 5) is 31.1. The van der Waals surface area contributed by atoms with Crippen molar-refractivity contribution >= 4 is 34.5 Å². The number of nitrogens with zero attached hydrogens (tertiary/aromatic N) is 3. The van der Waals surface area contributed by atoms with E-state index in [1.807, 2.05) is 25.1 Å². The highest BCUT2D eigenvalue weighted by Crippen LogP contribution is 2.49. The fraction of sp³-hybridized carbons (Fsp3) is 0.429. The van der Waals surface area contributed by atoms with E-state index < -0.39 is 6.04 Å². The van der Waals surface area contributed by atoms with Crippen LogP contribution in [0.3, 0.4) is 0 Å². The summed E-state index contributed by atoms with van der Waals surface area (Å²) >= 11 is 1.54. The van der Waals surface area contributed by atoms with Crippen LogP contribution in [0.4, 0.5) is 0 Å². The normalized spacial score (nSPS) is 19.7. The number of nitriles is 1. The highest BCUT2D eigenvalue weighted by atomic mass is 32.2. The highest BCUT2D eigenvalue weighted by molar-refractivity contribution is 7.99. The molecule has 2 aliphatic rings. The van der Waals surface area contributed by atoms with E-state index in [9.17, 15) is 9.59 Å². The summed E-state index contributed by atoms with van der Waals surface area (Å²) in [6, 6.07) is 9.25. The van der Waals surface area contributed by atoms with Gasteiger partial charge in [-0.15, -0.1) is 11.8 Å². The predicted molar refractivity (Wildman–Crippen MR) is 110 cm³/mol. The average molecular weight is 410 g/mol. The summed E-state index contributed by atoms with van der Waals surface area (Å²) < 4.78 is 5.93. The van der Waals surface area contributed by atoms with Crippen LogP contribution >= 0.6 is 11.8 Å². The van der Waals surface area contributed by atoms with Crippen molar-refractivity contribution in [3.05, 3.63) is 41.6 Å². The number of nitrogens with one attached hydrogen (secondary N) is 1. The lowest BCUT2D eigenvalue weighted by molar-refractivity contribution is -0.129. The molecule has 1 atom stereocenters. The molecule has 1 saturated carbocycles. The van der Waals surface area contributed by atoms with Crippen molar-refractivity contribution in [3.8, 4) is 6.07 Å². The number of thioether (sulfide) groups is 1. The molecule has 1 aliphatic carbocycles. The van der Waals surface area contributed by atoms with Gasteiger partial charge >= 0.3 is 0 Å². The van der Waals surface area contributed by atoms with Crippen molar-refractivity contribution in [3.63, 3.8) is 0 Å². The zero-order valence-corrected chi connectivity index (χ0v) is 17.0. The third-order valence-corrected chi connectivity index (χ3v) is 6.40. The number of rotatable bonds is 6. The van der Waals surface area contributed by atoms with Crippen molar-refractivity contribution in [2.45, 2.75) is 31.4 Å². The first-order chi connectivity index (χ1) is 14.1. The fourth-order valence-corrected chi connectivity index (χ4v) is 4.79. The molecule has 2 amide bonds. The lowest BCUT2D eigenvalue weighted by Crippen LogP contribution is -2.42. The van der Waals surface area contributed by atoms with Crippen molar-refractivity contribution in [1.82, 2.24) is 15.2 Å². The van der Waals surface area contributed by atoms with E-state index >= 15 is 0 Å². The number of carbonyl (C=O) groups is 2. The maximum atomic E-state index is 12.8. The van der Waals surface area contributed by atoms with Crippen LogP contribution in [-0.4, -0.2) is 52.5 Å². The molecule has 8 heteroatoms. The molecule has 0 bridgehead atoms. The minimum absolute atomic E-state index is 0.135. The average Bonchev–Trinajstić information content (AvgIpc) is 3.37. The minimum Gasteiger partial charge on any atom is -0.371 e. The quantitative estimate of drug-likeness (QED) is 0.786. The first-order valence-electron chi connectivity index (χ1n) is 9.66. The summed E-state index contributed by atoms with van der Waals surface area (Å²) in [7, 11) is 0. The van der Waals surface area contributed by atoms with E-state index in [0.29, 0.717) is 23.8 Å². The fourth-order valence-electron chi connectivity index (χ4n) is 3.68. The molecule has 0 spiro atoms. The summed E-state index contributed by atoms with van der Waals surface area (Å²) in [5.41, 5.74) is 2.00. The summed E-state index contributed by atoms with van der Waals surface area (Å²) in [5.74, 6) is 0.510. The second kappa shape index (κ2) is 8.01. The van der Waals surface area contributed by atoms with Crippen LogP contribution in [0.25, 0.3) is 10.9 Å². The van der Waals surface area contributed by atoms with Gasteiger partial charge in [0.1, 0.15) is 6.04 Å². The first-order valence-corrected chi connectivity index (χ1v) is 10.8. The summed E-state index contributed by atoms with van der Waals surface area (Å²) in [6.45, 7) is 2.48. The third-order valence-electron chi connectivity index (χ3n) is 5.39. The number of carbonyl (C=O) groups excluding carboxylic acids is 2. The molecule has 1 aromatic carbocycles. The maximum absolute atomic E-state index is 12.8. The van der Waals surface area contributed by atoms with Crippen LogP contribution < -0.4 is 5.32 Å². The topological polar surface area (TPSA) is 95.3 Å². The Morgan fingerprint density at radius 3 is 2.97 bits per heavy atom. The van der Waals surface area contributed by atoms with Crippen LogP contribution in [0.2, 0.25) is 0 Å². The second-order valence-electron chi connectivity index (χ2n) is 7.21. The molecule has 1 saturated heterocycles. The van der Waals surface area contributed by atoms with Crippen LogP contribution in [0.1, 0.15) is 35.7 Å². The molecule has 1 N–H and O–H groups in total. The van der Waals surface area contributed by atoms with E-state index in [1.165, 1.54) is 16.7 Å². The van der Waals surface area contributed by atoms with Gasteiger partial charge in [-0.25, -0.2) is 0 Å². The van der Waals surface area contributed by atoms with Gasteiger partial charge in [0.05, 0.1) is 35.2 Å². The molecule has 0 radical (unpaired) electrons. The summed E-state index contributed by atoms with van der Waals surface area (Å²) in [6.07, 6.45) is 3.53. The molecule has 1 unspecified atom stereocenters. The van der Waals surface area contributed by atoms with Gasteiger partial charge in [-0.05, 0) is 43.5 Å². The highest BCUT2D eigenvalue weighted by Gasteiger charge is 2.45. The van der Waals surface area contributed by atoms with Crippen molar-refractivity contribution in [1.29, 1.82) is 5.26 Å². The number of benzene rings is 1. The molecule has 4 rings (SSSR count). The van der Waals surface area contributed by atoms with E-state index in [2.05, 4.69) is 16.4 Å². The van der Waals surface area contributed by atoms with Gasteiger partial charge in [0, 0.05) is 23.9 Å². The monoisotopic (exact) mass is 410 g/mol. The minimum atomic E-state index is -0.429. The summed E-state index contributed by atoms with van der Waals surface area (Å²) in [5, 5.41) is 12.6. The lowest BCUT2D eigenvalue weighted by Gasteiger charge is -2.19. The molecule has 2 aromatic rings. The largest absolute Gasteiger partial charge is 0.371 e. The van der Waals surface area contributed by atoms with Crippen LogP contribution in [0.15, 0.2) is 30.5 Å². The predicted octanol–water partition coefficient (Wildman–Crippen LogP) is 2.42. The maximum Gasteiger partial charge on any atom is 0.252 e. The molecule has 2 heterocycles. The molecule has 150 valence electrons. The van der Waals surface area contributed by atoms with Crippen molar-refractivity contribution < 1.29 is 14.3 Å².